The molecule has 10 heteroatoms. The van der Waals surface area contributed by atoms with Crippen LogP contribution in [0, 0.1) is 22.8 Å². The van der Waals surface area contributed by atoms with Crippen molar-refractivity contribution in [1.29, 1.82) is 10.5 Å². The number of pyridine rings is 1. The van der Waals surface area contributed by atoms with Crippen LogP contribution in [0.2, 0.25) is 0 Å². The third kappa shape index (κ3) is 3.60. The lowest BCUT2D eigenvalue weighted by molar-refractivity contribution is 0.687. The summed E-state index contributed by atoms with van der Waals surface area (Å²) >= 11 is 0. The van der Waals surface area contributed by atoms with Crippen LogP contribution in [0.3, 0.4) is 0 Å². The van der Waals surface area contributed by atoms with Gasteiger partial charge < -0.3 is 16.8 Å². The molecule has 0 spiro atoms. The quantitative estimate of drug-likeness (QED) is 0.354. The molecular formula is C22H18N8OS. The first kappa shape index (κ1) is 20.8. The fourth-order valence-corrected chi connectivity index (χ4v) is 4.39. The van der Waals surface area contributed by atoms with E-state index < -0.39 is 16.8 Å². The molecule has 2 atom stereocenters. The summed E-state index contributed by atoms with van der Waals surface area (Å²) in [7, 11) is -1.13. The zero-order valence-electron chi connectivity index (χ0n) is 17.0. The van der Waals surface area contributed by atoms with E-state index in [0.717, 1.165) is 21.6 Å². The minimum atomic E-state index is -1.13. The number of benzene rings is 2. The van der Waals surface area contributed by atoms with E-state index in [2.05, 4.69) is 20.6 Å². The number of nitrogens with one attached hydrogen (secondary N) is 2. The zero-order chi connectivity index (χ0) is 22.8. The van der Waals surface area contributed by atoms with E-state index in [-0.39, 0.29) is 23.0 Å². The van der Waals surface area contributed by atoms with E-state index >= 15 is 0 Å². The van der Waals surface area contributed by atoms with E-state index in [9.17, 15) is 9.47 Å². The van der Waals surface area contributed by atoms with E-state index in [0.29, 0.717) is 11.4 Å². The number of fused-ring (bicyclic) bond motifs is 1. The fourth-order valence-electron chi connectivity index (χ4n) is 3.62. The van der Waals surface area contributed by atoms with Crippen LogP contribution < -0.4 is 22.1 Å². The smallest absolute Gasteiger partial charge is 0.211 e. The summed E-state index contributed by atoms with van der Waals surface area (Å²) < 4.78 is 12.1. The van der Waals surface area contributed by atoms with Crippen molar-refractivity contribution in [2.45, 2.75) is 10.9 Å². The minimum Gasteiger partial charge on any atom is -0.397 e. The molecule has 0 fully saturated rings. The monoisotopic (exact) mass is 442 g/mol. The largest absolute Gasteiger partial charge is 0.397 e. The topological polar surface area (TPSA) is 166 Å². The number of anilines is 3. The number of rotatable bonds is 3. The standard InChI is InChI=1S/C22H18N8OS/c1-32(31)16-5-3-2-4-14(16)12-6-8-13(9-7-12)19-17-18(25)15(10-23)20(26)29-21(17)30-22(28-19)27-11-24/h2-9,19H,1H3,(H6,25,26,27,28,29,30). The van der Waals surface area contributed by atoms with Gasteiger partial charge in [0.2, 0.25) is 5.96 Å². The van der Waals surface area contributed by atoms with Crippen LogP contribution >= 0.6 is 0 Å². The summed E-state index contributed by atoms with van der Waals surface area (Å²) in [5.74, 6) is 0.511. The normalized spacial score (nSPS) is 15.3. The molecule has 1 aliphatic heterocycles. The van der Waals surface area contributed by atoms with Crippen molar-refractivity contribution < 1.29 is 4.21 Å². The third-order valence-corrected chi connectivity index (χ3v) is 6.07. The van der Waals surface area contributed by atoms with E-state index in [1.165, 1.54) is 0 Å². The highest BCUT2D eigenvalue weighted by Crippen LogP contribution is 2.41. The number of nitrogen functional groups attached to an aromatic ring is 2. The van der Waals surface area contributed by atoms with Gasteiger partial charge in [-0.1, -0.05) is 42.5 Å². The Bertz CT molecular complexity index is 1350. The summed E-state index contributed by atoms with van der Waals surface area (Å²) in [6, 6.07) is 16.4. The molecule has 1 aliphatic rings. The van der Waals surface area contributed by atoms with Crippen molar-refractivity contribution in [1.82, 2.24) is 10.3 Å². The van der Waals surface area contributed by atoms with Gasteiger partial charge in [-0.15, -0.1) is 0 Å². The number of aliphatic imine (C=N–C) groups is 1. The Balaban J connectivity index is 1.83. The molecule has 6 N–H and O–H groups in total. The lowest BCUT2D eigenvalue weighted by Crippen LogP contribution is -2.32. The molecule has 32 heavy (non-hydrogen) atoms. The number of guanidine groups is 1. The Labute approximate surface area is 186 Å². The number of nitrogens with zero attached hydrogens (tertiary/aromatic N) is 4. The van der Waals surface area contributed by atoms with Gasteiger partial charge in [-0.25, -0.2) is 9.98 Å². The van der Waals surface area contributed by atoms with Gasteiger partial charge in [0.05, 0.1) is 16.5 Å². The predicted molar refractivity (Wildman–Crippen MR) is 124 cm³/mol. The van der Waals surface area contributed by atoms with Crippen LogP contribution in [0.5, 0.6) is 0 Å². The molecule has 3 aromatic rings. The van der Waals surface area contributed by atoms with Crippen molar-refractivity contribution in [2.75, 3.05) is 23.0 Å². The molecule has 2 aromatic carbocycles. The van der Waals surface area contributed by atoms with E-state index in [1.54, 1.807) is 6.26 Å². The highest BCUT2D eigenvalue weighted by Gasteiger charge is 2.29. The number of nitriles is 2. The summed E-state index contributed by atoms with van der Waals surface area (Å²) in [6.45, 7) is 0. The molecule has 158 valence electrons. The van der Waals surface area contributed by atoms with Gasteiger partial charge in [0.1, 0.15) is 29.3 Å². The summed E-state index contributed by atoms with van der Waals surface area (Å²) in [5.41, 5.74) is 15.5. The predicted octanol–water partition coefficient (Wildman–Crippen LogP) is 2.46. The molecule has 9 nitrogen and oxygen atoms in total. The van der Waals surface area contributed by atoms with Crippen molar-refractivity contribution in [2.24, 2.45) is 4.99 Å². The molecule has 0 saturated carbocycles. The second-order valence-electron chi connectivity index (χ2n) is 6.97. The van der Waals surface area contributed by atoms with Crippen LogP contribution in [0.15, 0.2) is 58.4 Å². The first-order valence-electron chi connectivity index (χ1n) is 9.46. The molecule has 0 saturated heterocycles. The second kappa shape index (κ2) is 8.38. The molecular weight excluding hydrogens is 424 g/mol. The summed E-state index contributed by atoms with van der Waals surface area (Å²) in [6.07, 6.45) is 3.47. The van der Waals surface area contributed by atoms with E-state index in [1.807, 2.05) is 60.8 Å². The van der Waals surface area contributed by atoms with Gasteiger partial charge in [-0.05, 0) is 22.8 Å². The van der Waals surface area contributed by atoms with Crippen molar-refractivity contribution in [3.63, 3.8) is 0 Å². The maximum Gasteiger partial charge on any atom is 0.211 e. The number of aromatic nitrogens is 1. The first-order valence-corrected chi connectivity index (χ1v) is 11.0. The molecule has 0 amide bonds. The van der Waals surface area contributed by atoms with Crippen molar-refractivity contribution in [3.8, 4) is 23.4 Å². The number of hydrogen-bond acceptors (Lipinski definition) is 9. The average molecular weight is 443 g/mol. The fraction of sp³-hybridized carbons (Fsp3) is 0.0909. The number of hydrogen-bond donors (Lipinski definition) is 4. The second-order valence-corrected chi connectivity index (χ2v) is 8.32. The highest BCUT2D eigenvalue weighted by atomic mass is 32.2. The average Bonchev–Trinajstić information content (AvgIpc) is 2.79. The van der Waals surface area contributed by atoms with Crippen LogP contribution in [0.4, 0.5) is 17.3 Å². The lowest BCUT2D eigenvalue weighted by atomic mass is 9.93. The zero-order valence-corrected chi connectivity index (χ0v) is 17.8. The Morgan fingerprint density at radius 1 is 1.12 bits per heavy atom. The van der Waals surface area contributed by atoms with Crippen molar-refractivity contribution >= 4 is 34.1 Å². The maximum atomic E-state index is 12.1. The molecule has 0 aliphatic carbocycles. The van der Waals surface area contributed by atoms with Crippen LogP contribution in [0.1, 0.15) is 22.7 Å². The maximum absolute atomic E-state index is 12.1. The molecule has 2 heterocycles. The van der Waals surface area contributed by atoms with Gasteiger partial charge in [-0.2, -0.15) is 10.5 Å². The Morgan fingerprint density at radius 2 is 1.84 bits per heavy atom. The summed E-state index contributed by atoms with van der Waals surface area (Å²) in [5, 5.41) is 23.8. The molecule has 0 radical (unpaired) electrons. The van der Waals surface area contributed by atoms with Crippen LogP contribution in [0.25, 0.3) is 11.1 Å². The highest BCUT2D eigenvalue weighted by molar-refractivity contribution is 7.84. The van der Waals surface area contributed by atoms with Gasteiger partial charge >= 0.3 is 0 Å². The van der Waals surface area contributed by atoms with Crippen molar-refractivity contribution in [3.05, 3.63) is 65.2 Å². The SMILES string of the molecule is CS(=O)c1ccccc1-c1ccc(C2N=C(NC#N)Nc3nc(N)c(C#N)c(N)c32)cc1. The summed E-state index contributed by atoms with van der Waals surface area (Å²) in [4.78, 5) is 9.54. The lowest BCUT2D eigenvalue weighted by Gasteiger charge is -2.26. The van der Waals surface area contributed by atoms with Gasteiger partial charge in [0, 0.05) is 16.7 Å². The Kier molecular flexibility index (Phi) is 5.46. The van der Waals surface area contributed by atoms with Gasteiger partial charge in [-0.3, -0.25) is 9.53 Å². The van der Waals surface area contributed by atoms with Crippen LogP contribution in [-0.4, -0.2) is 21.4 Å². The van der Waals surface area contributed by atoms with E-state index in [4.69, 9.17) is 16.7 Å². The third-order valence-electron chi connectivity index (χ3n) is 5.09. The molecule has 1 aromatic heterocycles. The van der Waals surface area contributed by atoms with Crippen LogP contribution in [-0.2, 0) is 10.8 Å². The minimum absolute atomic E-state index is 0.00673. The Hall–Kier alpha value is -4.41. The molecule has 4 rings (SSSR count). The Morgan fingerprint density at radius 3 is 2.50 bits per heavy atom. The first-order chi connectivity index (χ1) is 15.4. The van der Waals surface area contributed by atoms with Gasteiger partial charge in [0.15, 0.2) is 6.19 Å². The molecule has 0 bridgehead atoms. The molecule has 2 unspecified atom stereocenters. The van der Waals surface area contributed by atoms with Gasteiger partial charge in [0.25, 0.3) is 0 Å². The number of nitrogens with two attached hydrogens (primary N) is 2.